The summed E-state index contributed by atoms with van der Waals surface area (Å²) in [5, 5.41) is 5.43. The van der Waals surface area contributed by atoms with Gasteiger partial charge in [0.25, 0.3) is 5.91 Å². The number of nitrogens with zero attached hydrogens (tertiary/aromatic N) is 1. The van der Waals surface area contributed by atoms with Gasteiger partial charge in [-0.25, -0.2) is 4.98 Å². The summed E-state index contributed by atoms with van der Waals surface area (Å²) in [5.74, 6) is -0.841. The van der Waals surface area contributed by atoms with E-state index in [0.717, 1.165) is 13.1 Å². The Morgan fingerprint density at radius 3 is 2.82 bits per heavy atom. The molecule has 0 radical (unpaired) electrons. The van der Waals surface area contributed by atoms with Crippen molar-refractivity contribution in [2.75, 3.05) is 20.1 Å². The van der Waals surface area contributed by atoms with E-state index in [1.54, 1.807) is 0 Å². The summed E-state index contributed by atoms with van der Waals surface area (Å²) < 4.78 is 18.4. The minimum absolute atomic E-state index is 0. The molecule has 1 aromatic heterocycles. The molecule has 0 atom stereocenters. The van der Waals surface area contributed by atoms with Crippen LogP contribution < -0.4 is 15.4 Å². The maximum Gasteiger partial charge on any atom is 0.273 e. The van der Waals surface area contributed by atoms with E-state index in [9.17, 15) is 9.18 Å². The standard InChI is InChI=1S/C10H12FN3O2.ClH/c1-12-10(15)9-7(2-3-8(11)14-9)16-6-4-13-5-6;/h2-3,6,13H,4-5H2,1H3,(H,12,15);1H. The molecule has 1 fully saturated rings. The number of pyridine rings is 1. The number of halogens is 2. The molecule has 0 spiro atoms. The van der Waals surface area contributed by atoms with E-state index in [4.69, 9.17) is 4.74 Å². The summed E-state index contributed by atoms with van der Waals surface area (Å²) in [7, 11) is 1.46. The molecular weight excluding hydrogens is 249 g/mol. The zero-order chi connectivity index (χ0) is 11.5. The van der Waals surface area contributed by atoms with Gasteiger partial charge in [0, 0.05) is 20.1 Å². The van der Waals surface area contributed by atoms with E-state index in [1.807, 2.05) is 0 Å². The minimum Gasteiger partial charge on any atom is -0.485 e. The average Bonchev–Trinajstić information content (AvgIpc) is 2.23. The van der Waals surface area contributed by atoms with Crippen molar-refractivity contribution in [2.24, 2.45) is 0 Å². The Morgan fingerprint density at radius 2 is 2.29 bits per heavy atom. The lowest BCUT2D eigenvalue weighted by Crippen LogP contribution is -2.50. The number of rotatable bonds is 3. The van der Waals surface area contributed by atoms with Crippen LogP contribution in [0, 0.1) is 5.95 Å². The van der Waals surface area contributed by atoms with Gasteiger partial charge in [-0.05, 0) is 12.1 Å². The first-order valence-electron chi connectivity index (χ1n) is 4.96. The number of hydrogen-bond acceptors (Lipinski definition) is 4. The molecule has 0 bridgehead atoms. The minimum atomic E-state index is -0.697. The van der Waals surface area contributed by atoms with Crippen molar-refractivity contribution in [2.45, 2.75) is 6.10 Å². The van der Waals surface area contributed by atoms with Crippen LogP contribution in [-0.2, 0) is 0 Å². The average molecular weight is 262 g/mol. The fraction of sp³-hybridized carbons (Fsp3) is 0.400. The lowest BCUT2D eigenvalue weighted by Gasteiger charge is -2.28. The molecule has 1 amide bonds. The maximum atomic E-state index is 12.9. The van der Waals surface area contributed by atoms with Gasteiger partial charge in [-0.3, -0.25) is 4.79 Å². The molecule has 0 unspecified atom stereocenters. The van der Waals surface area contributed by atoms with Crippen molar-refractivity contribution >= 4 is 18.3 Å². The quantitative estimate of drug-likeness (QED) is 0.771. The predicted molar refractivity (Wildman–Crippen MR) is 62.1 cm³/mol. The summed E-state index contributed by atoms with van der Waals surface area (Å²) >= 11 is 0. The summed E-state index contributed by atoms with van der Waals surface area (Å²) in [5.41, 5.74) is -0.0191. The Bertz CT molecular complexity index is 413. The van der Waals surface area contributed by atoms with Gasteiger partial charge in [0.2, 0.25) is 5.95 Å². The van der Waals surface area contributed by atoms with Gasteiger partial charge in [0.05, 0.1) is 0 Å². The third kappa shape index (κ3) is 3.04. The highest BCUT2D eigenvalue weighted by Gasteiger charge is 2.22. The van der Waals surface area contributed by atoms with Crippen molar-refractivity contribution in [3.05, 3.63) is 23.8 Å². The third-order valence-electron chi connectivity index (χ3n) is 2.30. The largest absolute Gasteiger partial charge is 0.485 e. The summed E-state index contributed by atoms with van der Waals surface area (Å²) in [6, 6.07) is 2.60. The molecule has 7 heteroatoms. The van der Waals surface area contributed by atoms with E-state index in [1.165, 1.54) is 19.2 Å². The number of amides is 1. The molecule has 94 valence electrons. The van der Waals surface area contributed by atoms with Crippen molar-refractivity contribution in [3.8, 4) is 5.75 Å². The highest BCUT2D eigenvalue weighted by molar-refractivity contribution is 5.94. The first-order valence-corrected chi connectivity index (χ1v) is 4.96. The van der Waals surface area contributed by atoms with Gasteiger partial charge in [0.15, 0.2) is 11.4 Å². The smallest absolute Gasteiger partial charge is 0.273 e. The molecule has 17 heavy (non-hydrogen) atoms. The van der Waals surface area contributed by atoms with Crippen LogP contribution in [0.5, 0.6) is 5.75 Å². The molecule has 2 N–H and O–H groups in total. The molecular formula is C10H13ClFN3O2. The Labute approximate surface area is 104 Å². The maximum absolute atomic E-state index is 12.9. The Hall–Kier alpha value is -1.40. The fourth-order valence-electron chi connectivity index (χ4n) is 1.32. The van der Waals surface area contributed by atoms with Crippen LogP contribution in [0.4, 0.5) is 4.39 Å². The van der Waals surface area contributed by atoms with Gasteiger partial charge >= 0.3 is 0 Å². The van der Waals surface area contributed by atoms with Gasteiger partial charge in [-0.1, -0.05) is 0 Å². The Balaban J connectivity index is 0.00000144. The SMILES string of the molecule is CNC(=O)c1nc(F)ccc1OC1CNC1.Cl. The summed E-state index contributed by atoms with van der Waals surface area (Å²) in [6.07, 6.45) is 0.0238. The zero-order valence-electron chi connectivity index (χ0n) is 9.20. The van der Waals surface area contributed by atoms with Crippen LogP contribution in [0.2, 0.25) is 0 Å². The third-order valence-corrected chi connectivity index (χ3v) is 2.30. The first kappa shape index (κ1) is 13.7. The lowest BCUT2D eigenvalue weighted by molar-refractivity contribution is 0.0939. The summed E-state index contributed by atoms with van der Waals surface area (Å²) in [6.45, 7) is 1.45. The number of carbonyl (C=O) groups excluding carboxylic acids is 1. The van der Waals surface area contributed by atoms with Gasteiger partial charge in [0.1, 0.15) is 6.10 Å². The number of hydrogen-bond donors (Lipinski definition) is 2. The van der Waals surface area contributed by atoms with E-state index >= 15 is 0 Å². The van der Waals surface area contributed by atoms with Crippen LogP contribution in [0.15, 0.2) is 12.1 Å². The second kappa shape index (κ2) is 5.79. The van der Waals surface area contributed by atoms with Crippen molar-refractivity contribution in [1.29, 1.82) is 0 Å². The number of ether oxygens (including phenoxy) is 1. The normalized spacial score (nSPS) is 14.5. The van der Waals surface area contributed by atoms with Crippen LogP contribution >= 0.6 is 12.4 Å². The highest BCUT2D eigenvalue weighted by atomic mass is 35.5. The topological polar surface area (TPSA) is 63.2 Å². The number of aromatic nitrogens is 1. The Morgan fingerprint density at radius 1 is 1.59 bits per heavy atom. The monoisotopic (exact) mass is 261 g/mol. The number of nitrogens with one attached hydrogen (secondary N) is 2. The lowest BCUT2D eigenvalue weighted by atomic mass is 10.2. The summed E-state index contributed by atoms with van der Waals surface area (Å²) in [4.78, 5) is 15.0. The van der Waals surface area contributed by atoms with Gasteiger partial charge < -0.3 is 15.4 Å². The molecule has 0 aliphatic carbocycles. The fourth-order valence-corrected chi connectivity index (χ4v) is 1.32. The van der Waals surface area contributed by atoms with E-state index < -0.39 is 11.9 Å². The predicted octanol–water partition coefficient (Wildman–Crippen LogP) is 0.353. The molecule has 1 aromatic rings. The van der Waals surface area contributed by atoms with E-state index in [-0.39, 0.29) is 24.2 Å². The van der Waals surface area contributed by atoms with Crippen molar-refractivity contribution < 1.29 is 13.9 Å². The van der Waals surface area contributed by atoms with E-state index in [0.29, 0.717) is 5.75 Å². The molecule has 1 aliphatic heterocycles. The highest BCUT2D eigenvalue weighted by Crippen LogP contribution is 2.19. The van der Waals surface area contributed by atoms with Crippen molar-refractivity contribution in [1.82, 2.24) is 15.6 Å². The second-order valence-corrected chi connectivity index (χ2v) is 3.46. The van der Waals surface area contributed by atoms with Gasteiger partial charge in [-0.15, -0.1) is 12.4 Å². The molecule has 0 saturated carbocycles. The van der Waals surface area contributed by atoms with Crippen LogP contribution in [0.3, 0.4) is 0 Å². The first-order chi connectivity index (χ1) is 7.70. The molecule has 1 aliphatic rings. The Kier molecular flexibility index (Phi) is 4.65. The molecule has 5 nitrogen and oxygen atoms in total. The van der Waals surface area contributed by atoms with Gasteiger partial charge in [-0.2, -0.15) is 4.39 Å². The molecule has 1 saturated heterocycles. The van der Waals surface area contributed by atoms with Crippen LogP contribution in [0.25, 0.3) is 0 Å². The van der Waals surface area contributed by atoms with Crippen LogP contribution in [-0.4, -0.2) is 37.1 Å². The molecule has 2 rings (SSSR count). The number of carbonyl (C=O) groups is 1. The zero-order valence-corrected chi connectivity index (χ0v) is 10.0. The van der Waals surface area contributed by atoms with Crippen molar-refractivity contribution in [3.63, 3.8) is 0 Å². The molecule has 2 heterocycles. The van der Waals surface area contributed by atoms with Crippen LogP contribution in [0.1, 0.15) is 10.5 Å². The molecule has 0 aromatic carbocycles. The second-order valence-electron chi connectivity index (χ2n) is 3.46. The van der Waals surface area contributed by atoms with E-state index in [2.05, 4.69) is 15.6 Å².